The van der Waals surface area contributed by atoms with Crippen molar-refractivity contribution in [3.63, 3.8) is 0 Å². The fourth-order valence-corrected chi connectivity index (χ4v) is 3.44. The minimum atomic E-state index is -0.839. The van der Waals surface area contributed by atoms with Crippen LogP contribution in [-0.4, -0.2) is 23.5 Å². The summed E-state index contributed by atoms with van der Waals surface area (Å²) in [5, 5.41) is 8.21. The van der Waals surface area contributed by atoms with Gasteiger partial charge in [0.05, 0.1) is 16.5 Å². The van der Waals surface area contributed by atoms with Gasteiger partial charge in [-0.15, -0.1) is 11.3 Å². The molecule has 3 rings (SSSR count). The van der Waals surface area contributed by atoms with E-state index in [1.165, 1.54) is 17.4 Å². The predicted molar refractivity (Wildman–Crippen MR) is 95.4 cm³/mol. The van der Waals surface area contributed by atoms with E-state index in [1.807, 2.05) is 12.1 Å². The summed E-state index contributed by atoms with van der Waals surface area (Å²) in [6, 6.07) is 10.1. The molecule has 0 aliphatic heterocycles. The lowest BCUT2D eigenvalue weighted by Gasteiger charge is -2.08. The largest absolute Gasteiger partial charge is 0.397 e. The van der Waals surface area contributed by atoms with E-state index in [1.54, 1.807) is 25.1 Å². The Balaban J connectivity index is 0.000000647. The maximum atomic E-state index is 12.6. The number of benzene rings is 2. The molecule has 5 N–H and O–H groups in total. The molecule has 0 aliphatic carbocycles. The van der Waals surface area contributed by atoms with Crippen LogP contribution in [0.25, 0.3) is 20.2 Å². The van der Waals surface area contributed by atoms with Crippen LogP contribution < -0.4 is 16.9 Å². The normalized spacial score (nSPS) is 10.2. The van der Waals surface area contributed by atoms with Crippen LogP contribution in [0.3, 0.4) is 0 Å². The van der Waals surface area contributed by atoms with Gasteiger partial charge < -0.3 is 16.6 Å². The van der Waals surface area contributed by atoms with Crippen LogP contribution in [0.15, 0.2) is 41.2 Å². The van der Waals surface area contributed by atoms with Gasteiger partial charge in [0, 0.05) is 21.4 Å². The van der Waals surface area contributed by atoms with Crippen LogP contribution >= 0.6 is 11.3 Å². The third-order valence-corrected chi connectivity index (χ3v) is 4.39. The molecule has 124 valence electrons. The summed E-state index contributed by atoms with van der Waals surface area (Å²) in [6.07, 6.45) is 0. The molecule has 1 heterocycles. The molecule has 7 heteroatoms. The Hall–Kier alpha value is -2.77. The molecule has 1 aromatic heterocycles. The Morgan fingerprint density at radius 2 is 1.67 bits per heavy atom. The summed E-state index contributed by atoms with van der Waals surface area (Å²) in [5.41, 5.74) is 10.2. The van der Waals surface area contributed by atoms with Crippen LogP contribution in [0.4, 0.5) is 0 Å². The Kier molecular flexibility index (Phi) is 5.28. The van der Waals surface area contributed by atoms with Gasteiger partial charge in [-0.25, -0.2) is 0 Å². The topological polar surface area (TPSA) is 123 Å². The maximum Gasteiger partial charge on any atom is 0.250 e. The van der Waals surface area contributed by atoms with Crippen LogP contribution in [0.2, 0.25) is 0 Å². The second-order valence-corrected chi connectivity index (χ2v) is 5.92. The molecule has 0 atom stereocenters. The number of aliphatic hydroxyl groups is 1. The van der Waals surface area contributed by atoms with Crippen molar-refractivity contribution in [3.8, 4) is 0 Å². The second-order valence-electron chi connectivity index (χ2n) is 4.83. The molecule has 3 aromatic rings. The third kappa shape index (κ3) is 3.12. The number of primary amides is 2. The van der Waals surface area contributed by atoms with Crippen molar-refractivity contribution in [2.45, 2.75) is 6.92 Å². The highest BCUT2D eigenvalue weighted by atomic mass is 32.1. The highest BCUT2D eigenvalue weighted by molar-refractivity contribution is 7.24. The summed E-state index contributed by atoms with van der Waals surface area (Å²) < 4.78 is 1.40. The Morgan fingerprint density at radius 1 is 1.04 bits per heavy atom. The van der Waals surface area contributed by atoms with Crippen molar-refractivity contribution in [1.29, 1.82) is 0 Å². The molecule has 2 aromatic carbocycles. The van der Waals surface area contributed by atoms with Crippen molar-refractivity contribution in [2.75, 3.05) is 6.61 Å². The Labute approximate surface area is 141 Å². The lowest BCUT2D eigenvalue weighted by Crippen LogP contribution is -2.23. The van der Waals surface area contributed by atoms with Crippen LogP contribution in [-0.2, 0) is 0 Å². The first-order valence-electron chi connectivity index (χ1n) is 7.11. The van der Waals surface area contributed by atoms with E-state index in [4.69, 9.17) is 16.6 Å². The van der Waals surface area contributed by atoms with Gasteiger partial charge in [0.15, 0.2) is 5.43 Å². The first kappa shape index (κ1) is 17.6. The number of nitrogens with two attached hydrogens (primary N) is 2. The van der Waals surface area contributed by atoms with Crippen molar-refractivity contribution in [3.05, 3.63) is 57.7 Å². The van der Waals surface area contributed by atoms with E-state index in [0.717, 1.165) is 4.70 Å². The number of amides is 2. The average Bonchev–Trinajstić information content (AvgIpc) is 2.54. The number of hydrogen-bond acceptors (Lipinski definition) is 5. The smallest absolute Gasteiger partial charge is 0.250 e. The van der Waals surface area contributed by atoms with E-state index >= 15 is 0 Å². The fourth-order valence-electron chi connectivity index (χ4n) is 2.35. The van der Waals surface area contributed by atoms with Gasteiger partial charge in [-0.05, 0) is 31.2 Å². The molecule has 0 bridgehead atoms. The third-order valence-electron chi connectivity index (χ3n) is 3.26. The summed E-state index contributed by atoms with van der Waals surface area (Å²) in [7, 11) is 0. The van der Waals surface area contributed by atoms with Gasteiger partial charge in [-0.2, -0.15) is 0 Å². The van der Waals surface area contributed by atoms with E-state index in [2.05, 4.69) is 0 Å². The van der Waals surface area contributed by atoms with E-state index < -0.39 is 11.8 Å². The van der Waals surface area contributed by atoms with Crippen molar-refractivity contribution in [2.24, 2.45) is 11.5 Å². The molecule has 0 saturated heterocycles. The molecular weight excluding hydrogens is 328 g/mol. The molecular formula is C17H16N2O4S. The zero-order chi connectivity index (χ0) is 17.9. The minimum absolute atomic E-state index is 0.0328. The monoisotopic (exact) mass is 344 g/mol. The fraction of sp³-hybridized carbons (Fsp3) is 0.118. The Bertz CT molecular complexity index is 995. The lowest BCUT2D eigenvalue weighted by atomic mass is 10.0. The first-order valence-corrected chi connectivity index (χ1v) is 7.93. The summed E-state index contributed by atoms with van der Waals surface area (Å²) >= 11 is 1.36. The summed E-state index contributed by atoms with van der Waals surface area (Å²) in [5.74, 6) is -1.63. The Morgan fingerprint density at radius 3 is 2.25 bits per heavy atom. The number of carbonyl (C=O) groups excluding carboxylic acids is 2. The van der Waals surface area contributed by atoms with Gasteiger partial charge in [-0.3, -0.25) is 14.4 Å². The summed E-state index contributed by atoms with van der Waals surface area (Å²) in [6.45, 7) is 1.93. The van der Waals surface area contributed by atoms with E-state index in [9.17, 15) is 14.4 Å². The molecule has 0 spiro atoms. The first-order chi connectivity index (χ1) is 11.4. The van der Waals surface area contributed by atoms with Crippen LogP contribution in [0.5, 0.6) is 0 Å². The van der Waals surface area contributed by atoms with Gasteiger partial charge in [0.25, 0.3) is 0 Å². The van der Waals surface area contributed by atoms with Gasteiger partial charge in [0.2, 0.25) is 11.8 Å². The van der Waals surface area contributed by atoms with Crippen LogP contribution in [0, 0.1) is 0 Å². The highest BCUT2D eigenvalue weighted by Gasteiger charge is 2.20. The zero-order valence-electron chi connectivity index (χ0n) is 12.9. The number of hydrogen-bond donors (Lipinski definition) is 3. The quantitative estimate of drug-likeness (QED) is 0.611. The maximum absolute atomic E-state index is 12.6. The van der Waals surface area contributed by atoms with Gasteiger partial charge in [-0.1, -0.05) is 12.1 Å². The molecule has 0 saturated carbocycles. The van der Waals surface area contributed by atoms with E-state index in [0.29, 0.717) is 10.1 Å². The molecule has 0 radical (unpaired) electrons. The molecule has 6 nitrogen and oxygen atoms in total. The van der Waals surface area contributed by atoms with Gasteiger partial charge >= 0.3 is 0 Å². The van der Waals surface area contributed by atoms with Crippen molar-refractivity contribution < 1.29 is 14.7 Å². The second kappa shape index (κ2) is 7.20. The zero-order valence-corrected chi connectivity index (χ0v) is 13.7. The SMILES string of the molecule is CCO.NC(=O)c1ccc2sc3ccccc3c(=O)c2c1C(N)=O. The van der Waals surface area contributed by atoms with Gasteiger partial charge in [0.1, 0.15) is 0 Å². The molecule has 0 aliphatic rings. The average molecular weight is 344 g/mol. The number of aliphatic hydroxyl groups excluding tert-OH is 1. The van der Waals surface area contributed by atoms with E-state index in [-0.39, 0.29) is 28.5 Å². The molecule has 2 amide bonds. The molecule has 24 heavy (non-hydrogen) atoms. The standard InChI is InChI=1S/C15H10N2O3S.C2H6O/c16-14(19)8-5-6-10-12(11(8)15(17)20)13(18)7-3-1-2-4-9(7)21-10;1-2-3/h1-6H,(H2,16,19)(H2,17,20);3H,2H2,1H3. The number of fused-ring (bicyclic) bond motifs is 2. The van der Waals surface area contributed by atoms with Crippen molar-refractivity contribution in [1.82, 2.24) is 0 Å². The van der Waals surface area contributed by atoms with Crippen LogP contribution in [0.1, 0.15) is 27.6 Å². The van der Waals surface area contributed by atoms with Crippen molar-refractivity contribution >= 4 is 43.3 Å². The number of rotatable bonds is 2. The molecule has 0 fully saturated rings. The predicted octanol–water partition coefficient (Wildman–Crippen LogP) is 1.61. The summed E-state index contributed by atoms with van der Waals surface area (Å²) in [4.78, 5) is 35.8. The lowest BCUT2D eigenvalue weighted by molar-refractivity contribution is 0.0968. The minimum Gasteiger partial charge on any atom is -0.397 e. The number of carbonyl (C=O) groups is 2. The highest BCUT2D eigenvalue weighted by Crippen LogP contribution is 2.28. The molecule has 0 unspecified atom stereocenters.